The Balaban J connectivity index is 2.15. The number of hydrogen-bond acceptors (Lipinski definition) is 4. The summed E-state index contributed by atoms with van der Waals surface area (Å²) in [5.74, 6) is 0.909. The Labute approximate surface area is 94.7 Å². The second kappa shape index (κ2) is 4.63. The second-order valence-corrected chi connectivity index (χ2v) is 3.88. The van der Waals surface area contributed by atoms with E-state index in [4.69, 9.17) is 10.5 Å². The van der Waals surface area contributed by atoms with Gasteiger partial charge in [-0.05, 0) is 25.0 Å². The minimum Gasteiger partial charge on any atom is -0.355 e. The highest BCUT2D eigenvalue weighted by molar-refractivity contribution is 5.53. The van der Waals surface area contributed by atoms with E-state index in [1.165, 1.54) is 0 Å². The summed E-state index contributed by atoms with van der Waals surface area (Å²) in [5, 5.41) is 17.8. The van der Waals surface area contributed by atoms with Gasteiger partial charge in [0, 0.05) is 25.2 Å². The van der Waals surface area contributed by atoms with E-state index in [0.717, 1.165) is 31.7 Å². The first-order valence-electron chi connectivity index (χ1n) is 5.35. The number of anilines is 1. The quantitative estimate of drug-likeness (QED) is 0.710. The van der Waals surface area contributed by atoms with Crippen molar-refractivity contribution in [3.63, 3.8) is 0 Å². The SMILES string of the molecule is N#Cc1cccnc1N1CCC(C#N)CC1. The van der Waals surface area contributed by atoms with Crippen LogP contribution in [0.4, 0.5) is 5.82 Å². The molecule has 2 rings (SSSR count). The number of hydrogen-bond donors (Lipinski definition) is 0. The fraction of sp³-hybridized carbons (Fsp3) is 0.417. The van der Waals surface area contributed by atoms with Gasteiger partial charge in [-0.1, -0.05) is 0 Å². The van der Waals surface area contributed by atoms with Gasteiger partial charge in [0.1, 0.15) is 11.9 Å². The third-order valence-corrected chi connectivity index (χ3v) is 2.88. The van der Waals surface area contributed by atoms with Crippen LogP contribution >= 0.6 is 0 Å². The topological polar surface area (TPSA) is 63.7 Å². The van der Waals surface area contributed by atoms with Crippen molar-refractivity contribution in [2.75, 3.05) is 18.0 Å². The zero-order valence-electron chi connectivity index (χ0n) is 8.93. The van der Waals surface area contributed by atoms with Gasteiger partial charge in [0.25, 0.3) is 0 Å². The highest BCUT2D eigenvalue weighted by Gasteiger charge is 2.21. The summed E-state index contributed by atoms with van der Waals surface area (Å²) in [7, 11) is 0. The number of piperidine rings is 1. The third-order valence-electron chi connectivity index (χ3n) is 2.88. The summed E-state index contributed by atoms with van der Waals surface area (Å²) >= 11 is 0. The predicted octanol–water partition coefficient (Wildman–Crippen LogP) is 1.69. The molecule has 0 aromatic carbocycles. The largest absolute Gasteiger partial charge is 0.355 e. The molecule has 0 spiro atoms. The van der Waals surface area contributed by atoms with Crippen LogP contribution < -0.4 is 4.90 Å². The van der Waals surface area contributed by atoms with Crippen molar-refractivity contribution in [1.82, 2.24) is 4.98 Å². The molecule has 4 nitrogen and oxygen atoms in total. The molecule has 0 aliphatic carbocycles. The Kier molecular flexibility index (Phi) is 3.03. The Morgan fingerprint density at radius 1 is 1.31 bits per heavy atom. The molecule has 1 saturated heterocycles. The first kappa shape index (κ1) is 10.4. The molecule has 4 heteroatoms. The molecule has 1 aromatic heterocycles. The molecule has 0 N–H and O–H groups in total. The molecule has 80 valence electrons. The highest BCUT2D eigenvalue weighted by Crippen LogP contribution is 2.23. The Morgan fingerprint density at radius 3 is 2.69 bits per heavy atom. The lowest BCUT2D eigenvalue weighted by atomic mass is 9.98. The Hall–Kier alpha value is -2.07. The molecule has 0 bridgehead atoms. The van der Waals surface area contributed by atoms with Crippen LogP contribution in [0.15, 0.2) is 18.3 Å². The molecule has 0 radical (unpaired) electrons. The summed E-state index contributed by atoms with van der Waals surface area (Å²) < 4.78 is 0. The van der Waals surface area contributed by atoms with Crippen molar-refractivity contribution in [3.8, 4) is 12.1 Å². The normalized spacial score (nSPS) is 16.5. The first-order chi connectivity index (χ1) is 7.85. The van der Waals surface area contributed by atoms with Crippen molar-refractivity contribution in [2.45, 2.75) is 12.8 Å². The smallest absolute Gasteiger partial charge is 0.146 e. The van der Waals surface area contributed by atoms with Gasteiger partial charge in [-0.15, -0.1) is 0 Å². The van der Waals surface area contributed by atoms with Crippen LogP contribution in [-0.4, -0.2) is 18.1 Å². The van der Waals surface area contributed by atoms with Gasteiger partial charge in [-0.3, -0.25) is 0 Å². The van der Waals surface area contributed by atoms with Gasteiger partial charge >= 0.3 is 0 Å². The van der Waals surface area contributed by atoms with Crippen molar-refractivity contribution in [3.05, 3.63) is 23.9 Å². The van der Waals surface area contributed by atoms with Crippen LogP contribution in [-0.2, 0) is 0 Å². The summed E-state index contributed by atoms with van der Waals surface area (Å²) in [6, 6.07) is 7.99. The molecule has 1 aliphatic heterocycles. The zero-order chi connectivity index (χ0) is 11.4. The van der Waals surface area contributed by atoms with Crippen LogP contribution in [0.3, 0.4) is 0 Å². The van der Waals surface area contributed by atoms with E-state index in [1.807, 2.05) is 0 Å². The van der Waals surface area contributed by atoms with Crippen molar-refractivity contribution in [2.24, 2.45) is 5.92 Å². The number of nitriles is 2. The number of aromatic nitrogens is 1. The van der Waals surface area contributed by atoms with Crippen LogP contribution in [0.1, 0.15) is 18.4 Å². The van der Waals surface area contributed by atoms with Crippen LogP contribution in [0, 0.1) is 28.6 Å². The zero-order valence-corrected chi connectivity index (χ0v) is 8.93. The molecule has 1 aliphatic rings. The lowest BCUT2D eigenvalue weighted by Crippen LogP contribution is -2.34. The molecule has 0 amide bonds. The maximum Gasteiger partial charge on any atom is 0.146 e. The second-order valence-electron chi connectivity index (χ2n) is 3.88. The van der Waals surface area contributed by atoms with E-state index in [2.05, 4.69) is 22.0 Å². The van der Waals surface area contributed by atoms with Crippen LogP contribution in [0.2, 0.25) is 0 Å². The van der Waals surface area contributed by atoms with Gasteiger partial charge in [-0.2, -0.15) is 10.5 Å². The van der Waals surface area contributed by atoms with Gasteiger partial charge < -0.3 is 4.90 Å². The average molecular weight is 212 g/mol. The third kappa shape index (κ3) is 1.97. The molecule has 1 fully saturated rings. The molecule has 0 atom stereocenters. The highest BCUT2D eigenvalue weighted by atomic mass is 15.2. The molecular weight excluding hydrogens is 200 g/mol. The van der Waals surface area contributed by atoms with Crippen LogP contribution in [0.5, 0.6) is 0 Å². The lowest BCUT2D eigenvalue weighted by Gasteiger charge is -2.30. The van der Waals surface area contributed by atoms with E-state index in [0.29, 0.717) is 5.56 Å². The predicted molar refractivity (Wildman–Crippen MR) is 59.5 cm³/mol. The van der Waals surface area contributed by atoms with E-state index in [-0.39, 0.29) is 5.92 Å². The fourth-order valence-corrected chi connectivity index (χ4v) is 1.96. The monoisotopic (exact) mass is 212 g/mol. The number of nitrogens with zero attached hydrogens (tertiary/aromatic N) is 4. The van der Waals surface area contributed by atoms with Gasteiger partial charge in [0.2, 0.25) is 0 Å². The molecule has 0 unspecified atom stereocenters. The lowest BCUT2D eigenvalue weighted by molar-refractivity contribution is 0.485. The van der Waals surface area contributed by atoms with Gasteiger partial charge in [0.05, 0.1) is 11.6 Å². The van der Waals surface area contributed by atoms with Gasteiger partial charge in [0.15, 0.2) is 0 Å². The fourth-order valence-electron chi connectivity index (χ4n) is 1.96. The van der Waals surface area contributed by atoms with E-state index in [9.17, 15) is 0 Å². The van der Waals surface area contributed by atoms with Crippen LogP contribution in [0.25, 0.3) is 0 Å². The van der Waals surface area contributed by atoms with Crippen molar-refractivity contribution < 1.29 is 0 Å². The number of rotatable bonds is 1. The summed E-state index contributed by atoms with van der Waals surface area (Å²) in [4.78, 5) is 6.33. The van der Waals surface area contributed by atoms with E-state index in [1.54, 1.807) is 18.3 Å². The standard InChI is InChI=1S/C12H12N4/c13-8-10-3-6-16(7-4-10)12-11(9-14)2-1-5-15-12/h1-2,5,10H,3-4,6-7H2. The van der Waals surface area contributed by atoms with Crippen molar-refractivity contribution >= 4 is 5.82 Å². The Morgan fingerprint density at radius 2 is 2.06 bits per heavy atom. The molecule has 2 heterocycles. The van der Waals surface area contributed by atoms with Gasteiger partial charge in [-0.25, -0.2) is 4.98 Å². The Bertz CT molecular complexity index is 447. The number of pyridine rings is 1. The maximum atomic E-state index is 8.98. The van der Waals surface area contributed by atoms with Crippen molar-refractivity contribution in [1.29, 1.82) is 10.5 Å². The first-order valence-corrected chi connectivity index (χ1v) is 5.35. The summed E-state index contributed by atoms with van der Waals surface area (Å²) in [6.07, 6.45) is 3.42. The maximum absolute atomic E-state index is 8.98. The average Bonchev–Trinajstić information content (AvgIpc) is 2.39. The summed E-state index contributed by atoms with van der Waals surface area (Å²) in [5.41, 5.74) is 0.609. The molecule has 1 aromatic rings. The molecule has 16 heavy (non-hydrogen) atoms. The summed E-state index contributed by atoms with van der Waals surface area (Å²) in [6.45, 7) is 1.62. The molecule has 0 saturated carbocycles. The molecular formula is C12H12N4. The van der Waals surface area contributed by atoms with E-state index < -0.39 is 0 Å². The minimum atomic E-state index is 0.158. The van der Waals surface area contributed by atoms with E-state index >= 15 is 0 Å². The minimum absolute atomic E-state index is 0.158.